The van der Waals surface area contributed by atoms with E-state index in [4.69, 9.17) is 18.2 Å². The highest BCUT2D eigenvalue weighted by Gasteiger charge is 2.13. The Labute approximate surface area is 304 Å². The van der Waals surface area contributed by atoms with E-state index in [1.165, 1.54) is 0 Å². The third-order valence-electron chi connectivity index (χ3n) is 8.12. The highest BCUT2D eigenvalue weighted by atomic mass is 32.1. The summed E-state index contributed by atoms with van der Waals surface area (Å²) in [4.78, 5) is 14.1. The molecule has 0 radical (unpaired) electrons. The van der Waals surface area contributed by atoms with Crippen molar-refractivity contribution in [1.29, 1.82) is 0 Å². The van der Waals surface area contributed by atoms with E-state index in [0.29, 0.717) is 11.1 Å². The molecule has 3 nitrogen and oxygen atoms in total. The lowest BCUT2D eigenvalue weighted by Crippen LogP contribution is -2.00. The summed E-state index contributed by atoms with van der Waals surface area (Å²) >= 11 is 0.868. The summed E-state index contributed by atoms with van der Waals surface area (Å²) in [5.41, 5.74) is 4.43. The Kier molecular flexibility index (Phi) is 4.96. The largest absolute Gasteiger partial charge is 0.208 e. The molecule has 0 saturated carbocycles. The molecule has 4 heteroatoms. The van der Waals surface area contributed by atoms with Crippen LogP contribution in [0.1, 0.15) is 15.1 Å². The van der Waals surface area contributed by atoms with Crippen LogP contribution >= 0.6 is 11.3 Å². The van der Waals surface area contributed by atoms with Crippen molar-refractivity contribution in [2.75, 3.05) is 0 Å². The van der Waals surface area contributed by atoms with E-state index in [1.807, 2.05) is 60.7 Å². The van der Waals surface area contributed by atoms with Gasteiger partial charge in [0.05, 0.1) is 15.1 Å². The number of aromatic nitrogens is 3. The Morgan fingerprint density at radius 1 is 0.347 bits per heavy atom. The molecule has 0 saturated heterocycles. The second-order valence-corrected chi connectivity index (χ2v) is 12.2. The van der Waals surface area contributed by atoms with Gasteiger partial charge in [0.25, 0.3) is 0 Å². The monoisotopic (exact) mass is 654 g/mol. The van der Waals surface area contributed by atoms with Crippen molar-refractivity contribution in [1.82, 2.24) is 15.0 Å². The zero-order chi connectivity index (χ0) is 42.1. The highest BCUT2D eigenvalue weighted by molar-refractivity contribution is 7.25. The maximum atomic E-state index is 9.25. The Morgan fingerprint density at radius 2 is 0.776 bits per heavy atom. The van der Waals surface area contributed by atoms with Crippen LogP contribution in [-0.4, -0.2) is 15.0 Å². The van der Waals surface area contributed by atoms with Crippen LogP contribution in [0.3, 0.4) is 0 Å². The molecule has 0 atom stereocenters. The number of benzene rings is 7. The van der Waals surface area contributed by atoms with Crippen molar-refractivity contribution in [3.05, 3.63) is 176 Å². The normalized spacial score (nSPS) is 14.4. The predicted molar refractivity (Wildman–Crippen MR) is 205 cm³/mol. The van der Waals surface area contributed by atoms with Crippen LogP contribution in [0, 0.1) is 0 Å². The lowest BCUT2D eigenvalue weighted by atomic mass is 9.99. The summed E-state index contributed by atoms with van der Waals surface area (Å²) in [6.45, 7) is 0. The van der Waals surface area contributed by atoms with Crippen molar-refractivity contribution in [2.24, 2.45) is 0 Å². The first-order valence-corrected chi connectivity index (χ1v) is 16.3. The number of hydrogen-bond donors (Lipinski definition) is 0. The maximum Gasteiger partial charge on any atom is 0.164 e. The molecule has 2 aromatic heterocycles. The summed E-state index contributed by atoms with van der Waals surface area (Å²) in [6, 6.07) is 29.6. The van der Waals surface area contributed by atoms with Gasteiger partial charge in [-0.2, -0.15) is 0 Å². The first-order valence-electron chi connectivity index (χ1n) is 21.0. The summed E-state index contributed by atoms with van der Waals surface area (Å²) in [5.74, 6) is 0.333. The minimum Gasteiger partial charge on any atom is -0.208 e. The van der Waals surface area contributed by atoms with Crippen molar-refractivity contribution >= 4 is 31.5 Å². The summed E-state index contributed by atoms with van der Waals surface area (Å²) in [6.07, 6.45) is 0. The van der Waals surface area contributed by atoms with Crippen LogP contribution in [0.25, 0.3) is 87.7 Å². The van der Waals surface area contributed by atoms with Gasteiger partial charge in [-0.05, 0) is 51.5 Å². The number of hydrogen-bond acceptors (Lipinski definition) is 4. The molecule has 7 aromatic carbocycles. The maximum absolute atomic E-state index is 9.25. The molecule has 0 spiro atoms. The van der Waals surface area contributed by atoms with E-state index in [-0.39, 0.29) is 54.8 Å². The quantitative estimate of drug-likeness (QED) is 0.179. The van der Waals surface area contributed by atoms with Gasteiger partial charge >= 0.3 is 0 Å². The number of fused-ring (bicyclic) bond motifs is 3. The average Bonchev–Trinajstić information content (AvgIpc) is 3.70. The third kappa shape index (κ3) is 5.69. The summed E-state index contributed by atoms with van der Waals surface area (Å²) in [7, 11) is 0. The van der Waals surface area contributed by atoms with Crippen LogP contribution in [0.2, 0.25) is 0 Å². The lowest BCUT2D eigenvalue weighted by molar-refractivity contribution is 1.07. The van der Waals surface area contributed by atoms with Gasteiger partial charge in [-0.3, -0.25) is 0 Å². The Balaban J connectivity index is 1.18. The second-order valence-electron chi connectivity index (χ2n) is 11.2. The molecule has 2 heterocycles. The molecule has 0 bridgehead atoms. The van der Waals surface area contributed by atoms with Crippen molar-refractivity contribution < 1.29 is 15.1 Å². The van der Waals surface area contributed by atoms with Gasteiger partial charge in [0.2, 0.25) is 0 Å². The molecule has 0 fully saturated rings. The topological polar surface area (TPSA) is 38.7 Å². The van der Waals surface area contributed by atoms with Crippen LogP contribution in [0.4, 0.5) is 0 Å². The van der Waals surface area contributed by atoms with Crippen LogP contribution < -0.4 is 0 Å². The molecule has 0 aliphatic heterocycles. The fourth-order valence-electron chi connectivity index (χ4n) is 5.61. The predicted octanol–water partition coefficient (Wildman–Crippen LogP) is 12.2. The molecule has 0 unspecified atom stereocenters. The van der Waals surface area contributed by atoms with Crippen molar-refractivity contribution in [2.45, 2.75) is 0 Å². The number of thiophene rings is 1. The molecule has 0 aliphatic rings. The molecular formula is C45H29N3S. The highest BCUT2D eigenvalue weighted by Crippen LogP contribution is 2.37. The Morgan fingerprint density at radius 3 is 1.39 bits per heavy atom. The Bertz CT molecular complexity index is 3170. The zero-order valence-corrected chi connectivity index (χ0v) is 26.5. The molecule has 0 N–H and O–H groups in total. The van der Waals surface area contributed by atoms with Crippen molar-refractivity contribution in [3.8, 4) is 67.5 Å². The summed E-state index contributed by atoms with van der Waals surface area (Å²) < 4.78 is 97.5. The van der Waals surface area contributed by atoms with E-state index in [2.05, 4.69) is 41.4 Å². The molecule has 0 aliphatic carbocycles. The molecular weight excluding hydrogens is 615 g/mol. The molecule has 9 aromatic rings. The Hall–Kier alpha value is -6.23. The van der Waals surface area contributed by atoms with Gasteiger partial charge in [-0.1, -0.05) is 158 Å². The number of rotatable bonds is 6. The minimum atomic E-state index is -0.598. The standard InChI is InChI=1S/C45H29N3S/c1-3-9-30(10-4-1)31-15-17-32(18-16-31)33-19-23-36(24-20-33)44-46-43(35-11-5-2-6-12-35)47-45(48-44)37-25-21-34(22-26-37)38-27-28-42-40(29-38)39-13-7-8-14-41(39)49-42/h1-29H/i7D,8D,13D,14D,21D,22D,25D,26D,27D,28D,29D. The van der Waals surface area contributed by atoms with Crippen LogP contribution in [0.5, 0.6) is 0 Å². The molecule has 9 rings (SSSR count). The van der Waals surface area contributed by atoms with Gasteiger partial charge < -0.3 is 0 Å². The fourth-order valence-corrected chi connectivity index (χ4v) is 6.53. The van der Waals surface area contributed by atoms with E-state index in [0.717, 1.165) is 33.6 Å². The first kappa shape index (κ1) is 19.6. The van der Waals surface area contributed by atoms with E-state index >= 15 is 0 Å². The first-order chi connectivity index (χ1) is 28.8. The van der Waals surface area contributed by atoms with Crippen LogP contribution in [0.15, 0.2) is 176 Å². The number of nitrogens with zero attached hydrogens (tertiary/aromatic N) is 3. The van der Waals surface area contributed by atoms with E-state index in [9.17, 15) is 6.85 Å². The summed E-state index contributed by atoms with van der Waals surface area (Å²) in [5, 5.41) is -0.0310. The average molecular weight is 655 g/mol. The van der Waals surface area contributed by atoms with Gasteiger partial charge in [-0.25, -0.2) is 15.0 Å². The van der Waals surface area contributed by atoms with Crippen LogP contribution in [-0.2, 0) is 0 Å². The van der Waals surface area contributed by atoms with Gasteiger partial charge in [-0.15, -0.1) is 11.3 Å². The van der Waals surface area contributed by atoms with Gasteiger partial charge in [0.1, 0.15) is 0 Å². The van der Waals surface area contributed by atoms with Crippen molar-refractivity contribution in [3.63, 3.8) is 0 Å². The smallest absolute Gasteiger partial charge is 0.164 e. The SMILES string of the molecule is [2H]c1c([2H])c(-c2c([2H])c([2H])c3sc4c([2H])c([2H])c([2H])c([2H])c4c3c2[2H])c([2H])c([2H])c1-c1nc(-c2ccccc2)nc(-c2ccc(-c3ccc(-c4ccccc4)cc3)cc2)n1. The van der Waals surface area contributed by atoms with Gasteiger partial charge in [0.15, 0.2) is 17.5 Å². The van der Waals surface area contributed by atoms with Gasteiger partial charge in [0, 0.05) is 36.9 Å². The fraction of sp³-hybridized carbons (Fsp3) is 0. The second kappa shape index (κ2) is 12.4. The molecule has 230 valence electrons. The molecule has 49 heavy (non-hydrogen) atoms. The van der Waals surface area contributed by atoms with E-state index < -0.39 is 66.0 Å². The third-order valence-corrected chi connectivity index (χ3v) is 9.14. The minimum absolute atomic E-state index is 0.00669. The molecule has 0 amide bonds. The van der Waals surface area contributed by atoms with E-state index in [1.54, 1.807) is 12.1 Å². The zero-order valence-electron chi connectivity index (χ0n) is 36.6. The lowest BCUT2D eigenvalue weighted by Gasteiger charge is -2.10.